The Labute approximate surface area is 170 Å². The highest BCUT2D eigenvalue weighted by Gasteiger charge is 2.34. The Balaban J connectivity index is 1.66. The van der Waals surface area contributed by atoms with E-state index in [1.807, 2.05) is 24.4 Å². The molecule has 0 aliphatic carbocycles. The molecular formula is C22H18F3NO2S. The summed E-state index contributed by atoms with van der Waals surface area (Å²) in [6.45, 7) is 2.32. The number of rotatable bonds is 3. The molecule has 29 heavy (non-hydrogen) atoms. The van der Waals surface area contributed by atoms with Crippen molar-refractivity contribution in [3.8, 4) is 0 Å². The molecule has 0 radical (unpaired) electrons. The summed E-state index contributed by atoms with van der Waals surface area (Å²) in [5.41, 5.74) is 0.929. The van der Waals surface area contributed by atoms with Gasteiger partial charge in [-0.1, -0.05) is 12.1 Å². The van der Waals surface area contributed by atoms with Crippen molar-refractivity contribution < 1.29 is 22.4 Å². The van der Waals surface area contributed by atoms with Gasteiger partial charge >= 0.3 is 6.18 Å². The Morgan fingerprint density at radius 2 is 1.93 bits per heavy atom. The van der Waals surface area contributed by atoms with Crippen LogP contribution in [-0.2, 0) is 17.4 Å². The summed E-state index contributed by atoms with van der Waals surface area (Å²) in [4.78, 5) is 15.8. The summed E-state index contributed by atoms with van der Waals surface area (Å²) in [5, 5.41) is 1.96. The standard InChI is InChI=1S/C22H18F3NO2S/c1-14-2-7-17(28-14)8-9-20(27)26-12-10-19-18(11-13-29-19)21(26)15-3-5-16(6-4-15)22(23,24)25/h2-9,11,13,21H,10,12H2,1H3/b9-8+. The lowest BCUT2D eigenvalue weighted by Gasteiger charge is -2.35. The van der Waals surface area contributed by atoms with E-state index in [-0.39, 0.29) is 5.91 Å². The topological polar surface area (TPSA) is 33.5 Å². The molecular weight excluding hydrogens is 399 g/mol. The first kappa shape index (κ1) is 19.5. The van der Waals surface area contributed by atoms with Crippen LogP contribution in [0.15, 0.2) is 58.3 Å². The van der Waals surface area contributed by atoms with E-state index in [4.69, 9.17) is 4.42 Å². The van der Waals surface area contributed by atoms with E-state index < -0.39 is 17.8 Å². The van der Waals surface area contributed by atoms with E-state index >= 15 is 0 Å². The number of hydrogen-bond acceptors (Lipinski definition) is 3. The molecule has 7 heteroatoms. The third kappa shape index (κ3) is 4.00. The number of alkyl halides is 3. The van der Waals surface area contributed by atoms with Crippen molar-refractivity contribution in [1.82, 2.24) is 4.90 Å². The summed E-state index contributed by atoms with van der Waals surface area (Å²) >= 11 is 1.61. The fourth-order valence-corrected chi connectivity index (χ4v) is 4.46. The first-order chi connectivity index (χ1) is 13.8. The molecule has 0 fully saturated rings. The lowest BCUT2D eigenvalue weighted by molar-refractivity contribution is -0.137. The summed E-state index contributed by atoms with van der Waals surface area (Å²) in [5.74, 6) is 1.12. The van der Waals surface area contributed by atoms with Gasteiger partial charge in [-0.05, 0) is 66.3 Å². The number of halogens is 3. The van der Waals surface area contributed by atoms with Crippen LogP contribution in [-0.4, -0.2) is 17.4 Å². The van der Waals surface area contributed by atoms with Gasteiger partial charge in [0.2, 0.25) is 5.91 Å². The van der Waals surface area contributed by atoms with Gasteiger partial charge in [0, 0.05) is 17.5 Å². The average molecular weight is 417 g/mol. The third-order valence-corrected chi connectivity index (χ3v) is 5.95. The number of amides is 1. The first-order valence-corrected chi connectivity index (χ1v) is 9.99. The number of thiophene rings is 1. The monoisotopic (exact) mass is 417 g/mol. The minimum atomic E-state index is -4.39. The van der Waals surface area contributed by atoms with Crippen LogP contribution in [0.2, 0.25) is 0 Å². The highest BCUT2D eigenvalue weighted by molar-refractivity contribution is 7.10. The summed E-state index contributed by atoms with van der Waals surface area (Å²) < 4.78 is 44.3. The number of fused-ring (bicyclic) bond motifs is 1. The fraction of sp³-hybridized carbons (Fsp3) is 0.227. The molecule has 0 saturated carbocycles. The molecule has 3 heterocycles. The van der Waals surface area contributed by atoms with Gasteiger partial charge in [0.1, 0.15) is 11.5 Å². The minimum Gasteiger partial charge on any atom is -0.462 e. The predicted octanol–water partition coefficient (Wildman–Crippen LogP) is 5.86. The highest BCUT2D eigenvalue weighted by Crippen LogP contribution is 2.39. The van der Waals surface area contributed by atoms with Crippen LogP contribution in [0.3, 0.4) is 0 Å². The van der Waals surface area contributed by atoms with Gasteiger partial charge in [0.05, 0.1) is 11.6 Å². The van der Waals surface area contributed by atoms with Gasteiger partial charge in [-0.15, -0.1) is 11.3 Å². The zero-order valence-electron chi connectivity index (χ0n) is 15.6. The van der Waals surface area contributed by atoms with Crippen LogP contribution in [0.1, 0.15) is 39.1 Å². The Bertz CT molecular complexity index is 1050. The molecule has 1 aromatic carbocycles. The van der Waals surface area contributed by atoms with Gasteiger partial charge in [-0.3, -0.25) is 4.79 Å². The van der Waals surface area contributed by atoms with Crippen LogP contribution >= 0.6 is 11.3 Å². The molecule has 0 bridgehead atoms. The van der Waals surface area contributed by atoms with Crippen molar-refractivity contribution >= 4 is 23.3 Å². The second kappa shape index (κ2) is 7.55. The Hall–Kier alpha value is -2.80. The van der Waals surface area contributed by atoms with E-state index in [0.717, 1.165) is 34.8 Å². The third-order valence-electron chi connectivity index (χ3n) is 4.95. The largest absolute Gasteiger partial charge is 0.462 e. The Morgan fingerprint density at radius 1 is 1.17 bits per heavy atom. The zero-order valence-corrected chi connectivity index (χ0v) is 16.4. The molecule has 150 valence electrons. The molecule has 0 spiro atoms. The number of aryl methyl sites for hydroxylation is 1. The predicted molar refractivity (Wildman–Crippen MR) is 106 cm³/mol. The normalized spacial score (nSPS) is 17.0. The summed E-state index contributed by atoms with van der Waals surface area (Å²) in [6, 6.07) is 10.2. The van der Waals surface area contributed by atoms with Gasteiger partial charge in [-0.2, -0.15) is 13.2 Å². The van der Waals surface area contributed by atoms with E-state index in [9.17, 15) is 18.0 Å². The van der Waals surface area contributed by atoms with Crippen molar-refractivity contribution in [3.05, 3.63) is 87.0 Å². The number of carbonyl (C=O) groups excluding carboxylic acids is 1. The second-order valence-electron chi connectivity index (χ2n) is 6.88. The molecule has 4 rings (SSSR count). The number of benzene rings is 1. The maximum Gasteiger partial charge on any atom is 0.416 e. The van der Waals surface area contributed by atoms with Crippen molar-refractivity contribution in [1.29, 1.82) is 0 Å². The van der Waals surface area contributed by atoms with E-state index in [0.29, 0.717) is 17.9 Å². The maximum absolute atomic E-state index is 12.9. The molecule has 1 amide bonds. The Morgan fingerprint density at radius 3 is 2.59 bits per heavy atom. The van der Waals surface area contributed by atoms with Crippen molar-refractivity contribution in [2.75, 3.05) is 6.54 Å². The van der Waals surface area contributed by atoms with Gasteiger partial charge in [0.25, 0.3) is 0 Å². The minimum absolute atomic E-state index is 0.208. The molecule has 3 nitrogen and oxygen atoms in total. The van der Waals surface area contributed by atoms with Crippen molar-refractivity contribution in [2.45, 2.75) is 25.6 Å². The molecule has 1 aliphatic rings. The van der Waals surface area contributed by atoms with Crippen LogP contribution in [0, 0.1) is 6.92 Å². The molecule has 0 N–H and O–H groups in total. The lowest BCUT2D eigenvalue weighted by Crippen LogP contribution is -2.39. The number of hydrogen-bond donors (Lipinski definition) is 0. The maximum atomic E-state index is 12.9. The summed E-state index contributed by atoms with van der Waals surface area (Å²) in [7, 11) is 0. The molecule has 0 saturated heterocycles. The average Bonchev–Trinajstić information content (AvgIpc) is 3.33. The SMILES string of the molecule is Cc1ccc(/C=C/C(=O)N2CCc3sccc3C2c2ccc(C(F)(F)F)cc2)o1. The van der Waals surface area contributed by atoms with Crippen LogP contribution in [0.5, 0.6) is 0 Å². The van der Waals surface area contributed by atoms with Crippen LogP contribution in [0.4, 0.5) is 13.2 Å². The van der Waals surface area contributed by atoms with Gasteiger partial charge in [-0.25, -0.2) is 0 Å². The first-order valence-electron chi connectivity index (χ1n) is 9.11. The van der Waals surface area contributed by atoms with E-state index in [1.54, 1.807) is 28.4 Å². The lowest BCUT2D eigenvalue weighted by atomic mass is 9.92. The molecule has 1 atom stereocenters. The summed E-state index contributed by atoms with van der Waals surface area (Å²) in [6.07, 6.45) is -0.601. The fourth-order valence-electron chi connectivity index (χ4n) is 3.56. The van der Waals surface area contributed by atoms with E-state index in [1.165, 1.54) is 18.2 Å². The van der Waals surface area contributed by atoms with Gasteiger partial charge in [0.15, 0.2) is 0 Å². The van der Waals surface area contributed by atoms with Crippen LogP contribution in [0.25, 0.3) is 6.08 Å². The van der Waals surface area contributed by atoms with Gasteiger partial charge < -0.3 is 9.32 Å². The quantitative estimate of drug-likeness (QED) is 0.501. The highest BCUT2D eigenvalue weighted by atomic mass is 32.1. The number of furan rings is 1. The molecule has 1 unspecified atom stereocenters. The molecule has 3 aromatic rings. The second-order valence-corrected chi connectivity index (χ2v) is 7.89. The number of carbonyl (C=O) groups is 1. The van der Waals surface area contributed by atoms with Crippen LogP contribution < -0.4 is 0 Å². The van der Waals surface area contributed by atoms with Crippen molar-refractivity contribution in [3.63, 3.8) is 0 Å². The van der Waals surface area contributed by atoms with E-state index in [2.05, 4.69) is 0 Å². The Kier molecular flexibility index (Phi) is 5.08. The smallest absolute Gasteiger partial charge is 0.416 e. The molecule has 2 aromatic heterocycles. The molecule has 1 aliphatic heterocycles. The zero-order chi connectivity index (χ0) is 20.6. The number of nitrogens with zero attached hydrogens (tertiary/aromatic N) is 1. The van der Waals surface area contributed by atoms with Crippen molar-refractivity contribution in [2.24, 2.45) is 0 Å².